The molecular formula is C10H17O. The van der Waals surface area contributed by atoms with Crippen molar-refractivity contribution in [3.8, 4) is 0 Å². The van der Waals surface area contributed by atoms with Gasteiger partial charge in [0.15, 0.2) is 6.29 Å². The molecule has 63 valence electrons. The maximum atomic E-state index is 9.96. The fraction of sp³-hybridized carbons (Fsp3) is 0.700. The Labute approximate surface area is 69.5 Å². The second kappa shape index (κ2) is 7.52. The van der Waals surface area contributed by atoms with E-state index in [0.29, 0.717) is 12.3 Å². The van der Waals surface area contributed by atoms with Crippen molar-refractivity contribution >= 4 is 6.29 Å². The fourth-order valence-corrected chi connectivity index (χ4v) is 1.03. The molecule has 0 aliphatic heterocycles. The van der Waals surface area contributed by atoms with Gasteiger partial charge >= 0.3 is 0 Å². The van der Waals surface area contributed by atoms with Gasteiger partial charge in [0, 0.05) is 6.42 Å². The maximum Gasteiger partial charge on any atom is 0.198 e. The SMILES string of the molecule is C=CCCCCC(C)C[C]=O. The van der Waals surface area contributed by atoms with Crippen molar-refractivity contribution in [3.05, 3.63) is 12.7 Å². The molecule has 1 atom stereocenters. The first kappa shape index (κ1) is 10.4. The molecule has 0 N–H and O–H groups in total. The molecule has 0 saturated heterocycles. The van der Waals surface area contributed by atoms with E-state index in [4.69, 9.17) is 0 Å². The van der Waals surface area contributed by atoms with E-state index in [1.165, 1.54) is 12.8 Å². The highest BCUT2D eigenvalue weighted by atomic mass is 16.1. The molecule has 1 radical (unpaired) electrons. The Hall–Kier alpha value is -0.590. The van der Waals surface area contributed by atoms with Gasteiger partial charge in [0.25, 0.3) is 0 Å². The Morgan fingerprint density at radius 1 is 1.55 bits per heavy atom. The smallest absolute Gasteiger partial charge is 0.198 e. The van der Waals surface area contributed by atoms with Crippen molar-refractivity contribution in [2.45, 2.75) is 39.0 Å². The van der Waals surface area contributed by atoms with Crippen LogP contribution in [0.15, 0.2) is 12.7 Å². The summed E-state index contributed by atoms with van der Waals surface area (Å²) in [4.78, 5) is 9.96. The number of carbonyl (C=O) groups excluding carboxylic acids is 1. The van der Waals surface area contributed by atoms with Gasteiger partial charge in [0.05, 0.1) is 0 Å². The lowest BCUT2D eigenvalue weighted by Crippen LogP contribution is -1.94. The summed E-state index contributed by atoms with van der Waals surface area (Å²) in [6, 6.07) is 0. The fourth-order valence-electron chi connectivity index (χ4n) is 1.03. The molecule has 0 saturated carbocycles. The normalized spacial score (nSPS) is 12.5. The summed E-state index contributed by atoms with van der Waals surface area (Å²) < 4.78 is 0. The average molecular weight is 153 g/mol. The second-order valence-electron chi connectivity index (χ2n) is 3.03. The number of hydrogen-bond acceptors (Lipinski definition) is 1. The molecule has 0 bridgehead atoms. The zero-order chi connectivity index (χ0) is 8.53. The van der Waals surface area contributed by atoms with Crippen LogP contribution >= 0.6 is 0 Å². The van der Waals surface area contributed by atoms with E-state index in [2.05, 4.69) is 13.5 Å². The van der Waals surface area contributed by atoms with Crippen molar-refractivity contribution in [2.75, 3.05) is 0 Å². The van der Waals surface area contributed by atoms with Crippen LogP contribution < -0.4 is 0 Å². The molecule has 0 aliphatic rings. The highest BCUT2D eigenvalue weighted by Crippen LogP contribution is 2.11. The Morgan fingerprint density at radius 3 is 2.82 bits per heavy atom. The van der Waals surface area contributed by atoms with Gasteiger partial charge in [-0.1, -0.05) is 25.8 Å². The lowest BCUT2D eigenvalue weighted by molar-refractivity contribution is 0.487. The van der Waals surface area contributed by atoms with Gasteiger partial charge in [-0.3, -0.25) is 4.79 Å². The average Bonchev–Trinajstić information content (AvgIpc) is 1.99. The molecular weight excluding hydrogens is 136 g/mol. The molecule has 1 heteroatoms. The van der Waals surface area contributed by atoms with Crippen LogP contribution in [0.25, 0.3) is 0 Å². The largest absolute Gasteiger partial charge is 0.291 e. The molecule has 0 heterocycles. The van der Waals surface area contributed by atoms with Crippen LogP contribution in [0.1, 0.15) is 39.0 Å². The minimum absolute atomic E-state index is 0.511. The van der Waals surface area contributed by atoms with Crippen LogP contribution in [0.4, 0.5) is 0 Å². The summed E-state index contributed by atoms with van der Waals surface area (Å²) in [5.74, 6) is 0.511. The number of hydrogen-bond donors (Lipinski definition) is 0. The molecule has 0 aliphatic carbocycles. The van der Waals surface area contributed by atoms with Crippen molar-refractivity contribution in [3.63, 3.8) is 0 Å². The summed E-state index contributed by atoms with van der Waals surface area (Å²) in [6.45, 7) is 5.75. The van der Waals surface area contributed by atoms with Gasteiger partial charge in [-0.25, -0.2) is 0 Å². The molecule has 0 aromatic carbocycles. The third kappa shape index (κ3) is 7.31. The van der Waals surface area contributed by atoms with E-state index < -0.39 is 0 Å². The first-order valence-corrected chi connectivity index (χ1v) is 4.27. The van der Waals surface area contributed by atoms with Gasteiger partial charge in [0.1, 0.15) is 0 Å². The minimum atomic E-state index is 0.511. The van der Waals surface area contributed by atoms with Crippen LogP contribution in [0.3, 0.4) is 0 Å². The molecule has 1 unspecified atom stereocenters. The molecule has 0 amide bonds. The van der Waals surface area contributed by atoms with Gasteiger partial charge in [-0.2, -0.15) is 0 Å². The van der Waals surface area contributed by atoms with E-state index in [1.54, 1.807) is 0 Å². The maximum absolute atomic E-state index is 9.96. The molecule has 0 rings (SSSR count). The van der Waals surface area contributed by atoms with Crippen molar-refractivity contribution in [1.29, 1.82) is 0 Å². The number of unbranched alkanes of at least 4 members (excludes halogenated alkanes) is 2. The van der Waals surface area contributed by atoms with Gasteiger partial charge in [-0.05, 0) is 18.8 Å². The topological polar surface area (TPSA) is 17.1 Å². The van der Waals surface area contributed by atoms with Crippen molar-refractivity contribution in [2.24, 2.45) is 5.92 Å². The third-order valence-corrected chi connectivity index (χ3v) is 1.79. The number of rotatable bonds is 7. The predicted octanol–water partition coefficient (Wildman–Crippen LogP) is 2.87. The Balaban J connectivity index is 3.09. The van der Waals surface area contributed by atoms with Crippen LogP contribution in [0.5, 0.6) is 0 Å². The standard InChI is InChI=1S/C10H17O/c1-3-4-5-6-7-10(2)8-9-11/h3,10H,1,4-8H2,2H3. The molecule has 1 nitrogen and oxygen atoms in total. The molecule has 0 aromatic heterocycles. The second-order valence-corrected chi connectivity index (χ2v) is 3.03. The number of allylic oxidation sites excluding steroid dienone is 1. The molecule has 0 spiro atoms. The monoisotopic (exact) mass is 153 g/mol. The van der Waals surface area contributed by atoms with Crippen molar-refractivity contribution in [1.82, 2.24) is 0 Å². The first-order chi connectivity index (χ1) is 5.31. The van der Waals surface area contributed by atoms with Crippen LogP contribution in [0, 0.1) is 5.92 Å². The summed E-state index contributed by atoms with van der Waals surface area (Å²) >= 11 is 0. The zero-order valence-corrected chi connectivity index (χ0v) is 7.31. The van der Waals surface area contributed by atoms with Crippen LogP contribution in [-0.2, 0) is 4.79 Å². The van der Waals surface area contributed by atoms with Gasteiger partial charge < -0.3 is 0 Å². The van der Waals surface area contributed by atoms with Gasteiger partial charge in [-0.15, -0.1) is 6.58 Å². The molecule has 0 aromatic rings. The minimum Gasteiger partial charge on any atom is -0.291 e. The lowest BCUT2D eigenvalue weighted by Gasteiger charge is -2.04. The van der Waals surface area contributed by atoms with E-state index in [1.807, 2.05) is 12.4 Å². The summed E-state index contributed by atoms with van der Waals surface area (Å²) in [6.07, 6.45) is 9.11. The van der Waals surface area contributed by atoms with E-state index in [0.717, 1.165) is 12.8 Å². The Morgan fingerprint density at radius 2 is 2.27 bits per heavy atom. The van der Waals surface area contributed by atoms with Crippen LogP contribution in [-0.4, -0.2) is 6.29 Å². The highest BCUT2D eigenvalue weighted by molar-refractivity contribution is 5.50. The molecule has 0 fully saturated rings. The Bertz CT molecular complexity index is 107. The third-order valence-electron chi connectivity index (χ3n) is 1.79. The summed E-state index contributed by atoms with van der Waals surface area (Å²) in [7, 11) is 0. The van der Waals surface area contributed by atoms with Crippen LogP contribution in [0.2, 0.25) is 0 Å². The predicted molar refractivity (Wildman–Crippen MR) is 48.1 cm³/mol. The quantitative estimate of drug-likeness (QED) is 0.406. The highest BCUT2D eigenvalue weighted by Gasteiger charge is 1.99. The van der Waals surface area contributed by atoms with Gasteiger partial charge in [0.2, 0.25) is 0 Å². The zero-order valence-electron chi connectivity index (χ0n) is 7.31. The van der Waals surface area contributed by atoms with E-state index >= 15 is 0 Å². The van der Waals surface area contributed by atoms with E-state index in [-0.39, 0.29) is 0 Å². The van der Waals surface area contributed by atoms with E-state index in [9.17, 15) is 4.79 Å². The lowest BCUT2D eigenvalue weighted by atomic mass is 10.0. The molecule has 11 heavy (non-hydrogen) atoms. The van der Waals surface area contributed by atoms with Crippen molar-refractivity contribution < 1.29 is 4.79 Å². The Kier molecular flexibility index (Phi) is 7.11. The summed E-state index contributed by atoms with van der Waals surface area (Å²) in [5.41, 5.74) is 0. The first-order valence-electron chi connectivity index (χ1n) is 4.27. The summed E-state index contributed by atoms with van der Waals surface area (Å²) in [5, 5.41) is 0.